The summed E-state index contributed by atoms with van der Waals surface area (Å²) >= 11 is 1.27. The Kier molecular flexibility index (Phi) is 5.14. The summed E-state index contributed by atoms with van der Waals surface area (Å²) in [5.41, 5.74) is 0.770. The van der Waals surface area contributed by atoms with Crippen molar-refractivity contribution in [3.05, 3.63) is 46.2 Å². The van der Waals surface area contributed by atoms with E-state index in [1.54, 1.807) is 36.6 Å². The predicted octanol–water partition coefficient (Wildman–Crippen LogP) is 1.07. The zero-order valence-electron chi connectivity index (χ0n) is 12.2. The molecule has 0 radical (unpaired) electrons. The number of carbonyl (C=O) groups excluding carboxylic acids is 2. The highest BCUT2D eigenvalue weighted by molar-refractivity contribution is 7.89. The minimum absolute atomic E-state index is 0.0575. The van der Waals surface area contributed by atoms with Crippen molar-refractivity contribution in [1.82, 2.24) is 5.32 Å². The van der Waals surface area contributed by atoms with Gasteiger partial charge in [-0.25, -0.2) is 13.6 Å². The molecule has 2 aromatic rings. The quantitative estimate of drug-likeness (QED) is 0.745. The van der Waals surface area contributed by atoms with Gasteiger partial charge in [-0.3, -0.25) is 9.59 Å². The average molecular weight is 353 g/mol. The number of sulfonamides is 1. The van der Waals surface area contributed by atoms with Crippen LogP contribution < -0.4 is 15.8 Å². The number of anilines is 1. The lowest BCUT2D eigenvalue weighted by atomic mass is 10.2. The van der Waals surface area contributed by atoms with E-state index in [-0.39, 0.29) is 23.0 Å². The minimum atomic E-state index is -3.87. The molecule has 4 N–H and O–H groups in total. The molecule has 2 rings (SSSR count). The number of nitrogens with one attached hydrogen (secondary N) is 2. The van der Waals surface area contributed by atoms with Crippen LogP contribution in [-0.4, -0.2) is 26.8 Å². The molecule has 0 saturated carbocycles. The van der Waals surface area contributed by atoms with E-state index < -0.39 is 15.9 Å². The molecular weight excluding hydrogens is 338 g/mol. The molecule has 7 nitrogen and oxygen atoms in total. The van der Waals surface area contributed by atoms with Gasteiger partial charge < -0.3 is 10.6 Å². The largest absolute Gasteiger partial charge is 0.342 e. The van der Waals surface area contributed by atoms with E-state index >= 15 is 0 Å². The first-order valence-corrected chi connectivity index (χ1v) is 8.95. The Morgan fingerprint density at radius 2 is 2.00 bits per heavy atom. The zero-order valence-corrected chi connectivity index (χ0v) is 13.8. The molecule has 0 spiro atoms. The Hall–Kier alpha value is -2.23. The van der Waals surface area contributed by atoms with Crippen molar-refractivity contribution in [3.8, 4) is 0 Å². The fourth-order valence-corrected chi connectivity index (χ4v) is 3.29. The number of aryl methyl sites for hydroxylation is 1. The van der Waals surface area contributed by atoms with Gasteiger partial charge in [0.25, 0.3) is 5.91 Å². The molecule has 122 valence electrons. The van der Waals surface area contributed by atoms with E-state index in [0.717, 1.165) is 0 Å². The van der Waals surface area contributed by atoms with Crippen LogP contribution in [0.2, 0.25) is 0 Å². The summed E-state index contributed by atoms with van der Waals surface area (Å²) in [6.07, 6.45) is 0. The van der Waals surface area contributed by atoms with Crippen molar-refractivity contribution in [2.45, 2.75) is 11.8 Å². The lowest BCUT2D eigenvalue weighted by Crippen LogP contribution is -2.32. The Labute approximate surface area is 137 Å². The van der Waals surface area contributed by atoms with Crippen LogP contribution in [0.4, 0.5) is 5.69 Å². The number of amides is 2. The molecule has 0 fully saturated rings. The molecule has 23 heavy (non-hydrogen) atoms. The Bertz CT molecular complexity index is 830. The van der Waals surface area contributed by atoms with Crippen molar-refractivity contribution in [2.75, 3.05) is 11.9 Å². The van der Waals surface area contributed by atoms with E-state index in [4.69, 9.17) is 5.14 Å². The average Bonchev–Trinajstić information content (AvgIpc) is 3.00. The second-order valence-electron chi connectivity index (χ2n) is 4.73. The van der Waals surface area contributed by atoms with Gasteiger partial charge in [0, 0.05) is 5.69 Å². The van der Waals surface area contributed by atoms with E-state index in [9.17, 15) is 18.0 Å². The lowest BCUT2D eigenvalue weighted by Gasteiger charge is -2.09. The summed E-state index contributed by atoms with van der Waals surface area (Å²) < 4.78 is 22.9. The molecule has 1 aromatic carbocycles. The van der Waals surface area contributed by atoms with Gasteiger partial charge in [-0.05, 0) is 36.1 Å². The number of nitrogens with two attached hydrogens (primary N) is 1. The smallest absolute Gasteiger partial charge is 0.261 e. The number of carbonyl (C=O) groups is 2. The second kappa shape index (κ2) is 6.90. The highest BCUT2D eigenvalue weighted by Crippen LogP contribution is 2.18. The van der Waals surface area contributed by atoms with Gasteiger partial charge in [-0.2, -0.15) is 0 Å². The molecule has 2 amide bonds. The molecular formula is C14H15N3O4S2. The Balaban J connectivity index is 1.99. The van der Waals surface area contributed by atoms with Crippen LogP contribution in [0, 0.1) is 6.92 Å². The third-order valence-corrected chi connectivity index (χ3v) is 4.85. The van der Waals surface area contributed by atoms with Gasteiger partial charge in [0.1, 0.15) is 0 Å². The van der Waals surface area contributed by atoms with Gasteiger partial charge >= 0.3 is 0 Å². The highest BCUT2D eigenvalue weighted by atomic mass is 32.2. The zero-order chi connectivity index (χ0) is 17.0. The molecule has 0 saturated heterocycles. The number of hydrogen-bond acceptors (Lipinski definition) is 5. The van der Waals surface area contributed by atoms with Gasteiger partial charge in [-0.15, -0.1) is 11.3 Å². The first-order chi connectivity index (χ1) is 10.8. The molecule has 0 aliphatic rings. The van der Waals surface area contributed by atoms with Crippen LogP contribution in [0.15, 0.2) is 40.6 Å². The van der Waals surface area contributed by atoms with E-state index in [0.29, 0.717) is 10.4 Å². The third-order valence-electron chi connectivity index (χ3n) is 2.93. The van der Waals surface area contributed by atoms with Crippen molar-refractivity contribution in [3.63, 3.8) is 0 Å². The number of primary sulfonamides is 1. The fourth-order valence-electron chi connectivity index (χ4n) is 1.84. The minimum Gasteiger partial charge on any atom is -0.342 e. The standard InChI is InChI=1S/C14H15N3O4S2/c1-9-4-5-10(7-12(9)23(15,20)21)17-13(18)8-16-14(19)11-3-2-6-22-11/h2-7H,8H2,1H3,(H,16,19)(H,17,18)(H2,15,20,21). The van der Waals surface area contributed by atoms with Gasteiger partial charge in [-0.1, -0.05) is 12.1 Å². The van der Waals surface area contributed by atoms with E-state index in [1.807, 2.05) is 0 Å². The maximum Gasteiger partial charge on any atom is 0.261 e. The van der Waals surface area contributed by atoms with Crippen LogP contribution in [-0.2, 0) is 14.8 Å². The summed E-state index contributed by atoms with van der Waals surface area (Å²) in [5.74, 6) is -0.816. The Morgan fingerprint density at radius 3 is 2.61 bits per heavy atom. The van der Waals surface area contributed by atoms with Crippen LogP contribution in [0.1, 0.15) is 15.2 Å². The lowest BCUT2D eigenvalue weighted by molar-refractivity contribution is -0.115. The summed E-state index contributed by atoms with van der Waals surface area (Å²) in [5, 5.41) is 11.9. The van der Waals surface area contributed by atoms with Crippen LogP contribution in [0.5, 0.6) is 0 Å². The molecule has 0 aliphatic carbocycles. The van der Waals surface area contributed by atoms with E-state index in [2.05, 4.69) is 10.6 Å². The van der Waals surface area contributed by atoms with Crippen LogP contribution in [0.3, 0.4) is 0 Å². The maximum atomic E-state index is 11.8. The second-order valence-corrected chi connectivity index (χ2v) is 7.21. The molecule has 9 heteroatoms. The van der Waals surface area contributed by atoms with E-state index in [1.165, 1.54) is 17.4 Å². The van der Waals surface area contributed by atoms with Crippen molar-refractivity contribution < 1.29 is 18.0 Å². The van der Waals surface area contributed by atoms with Crippen molar-refractivity contribution in [2.24, 2.45) is 5.14 Å². The summed E-state index contributed by atoms with van der Waals surface area (Å²) in [6.45, 7) is 1.38. The normalized spacial score (nSPS) is 11.0. The molecule has 0 unspecified atom stereocenters. The molecule has 0 atom stereocenters. The summed E-state index contributed by atoms with van der Waals surface area (Å²) in [4.78, 5) is 24.0. The van der Waals surface area contributed by atoms with Gasteiger partial charge in [0.05, 0.1) is 16.3 Å². The summed E-state index contributed by atoms with van der Waals surface area (Å²) in [6, 6.07) is 7.77. The van der Waals surface area contributed by atoms with Crippen LogP contribution in [0.25, 0.3) is 0 Å². The summed E-state index contributed by atoms with van der Waals surface area (Å²) in [7, 11) is -3.87. The molecule has 1 heterocycles. The first kappa shape index (κ1) is 17.1. The van der Waals surface area contributed by atoms with Gasteiger partial charge in [0.2, 0.25) is 15.9 Å². The Morgan fingerprint density at radius 1 is 1.26 bits per heavy atom. The molecule has 0 bridgehead atoms. The predicted molar refractivity (Wildman–Crippen MR) is 87.8 cm³/mol. The number of rotatable bonds is 5. The number of hydrogen-bond donors (Lipinski definition) is 3. The molecule has 0 aliphatic heterocycles. The number of benzene rings is 1. The topological polar surface area (TPSA) is 118 Å². The monoisotopic (exact) mass is 353 g/mol. The van der Waals surface area contributed by atoms with Crippen molar-refractivity contribution in [1.29, 1.82) is 0 Å². The maximum absolute atomic E-state index is 11.8. The SMILES string of the molecule is Cc1ccc(NC(=O)CNC(=O)c2cccs2)cc1S(N)(=O)=O. The number of thiophene rings is 1. The van der Waals surface area contributed by atoms with Crippen molar-refractivity contribution >= 4 is 38.9 Å². The molecule has 1 aromatic heterocycles. The highest BCUT2D eigenvalue weighted by Gasteiger charge is 2.14. The van der Waals surface area contributed by atoms with Crippen LogP contribution >= 0.6 is 11.3 Å². The van der Waals surface area contributed by atoms with Gasteiger partial charge in [0.15, 0.2) is 0 Å². The third kappa shape index (κ3) is 4.62. The fraction of sp³-hybridized carbons (Fsp3) is 0.143. The first-order valence-electron chi connectivity index (χ1n) is 6.52.